The van der Waals surface area contributed by atoms with Crippen molar-refractivity contribution in [1.82, 2.24) is 20.0 Å². The quantitative estimate of drug-likeness (QED) is 0.777. The summed E-state index contributed by atoms with van der Waals surface area (Å²) in [6, 6.07) is 1.84. The fourth-order valence-electron chi connectivity index (χ4n) is 2.70. The Morgan fingerprint density at radius 3 is 2.67 bits per heavy atom. The first kappa shape index (κ1) is 15.5. The van der Waals surface area contributed by atoms with Gasteiger partial charge in [-0.1, -0.05) is 6.92 Å². The fraction of sp³-hybridized carbons (Fsp3) is 0.643. The lowest BCUT2D eigenvalue weighted by atomic mass is 10.0. The van der Waals surface area contributed by atoms with Crippen LogP contribution in [0.3, 0.4) is 0 Å². The summed E-state index contributed by atoms with van der Waals surface area (Å²) in [7, 11) is 1.75. The highest BCUT2D eigenvalue weighted by molar-refractivity contribution is 5.95. The molecule has 21 heavy (non-hydrogen) atoms. The minimum absolute atomic E-state index is 0.0455. The predicted molar refractivity (Wildman–Crippen MR) is 78.7 cm³/mol. The zero-order chi connectivity index (χ0) is 15.4. The van der Waals surface area contributed by atoms with E-state index < -0.39 is 5.91 Å². The van der Waals surface area contributed by atoms with E-state index in [1.165, 1.54) is 0 Å². The molecule has 2 rings (SSSR count). The van der Waals surface area contributed by atoms with Crippen molar-refractivity contribution in [2.75, 3.05) is 19.6 Å². The first-order valence-corrected chi connectivity index (χ1v) is 7.35. The molecule has 1 aliphatic heterocycles. The van der Waals surface area contributed by atoms with Gasteiger partial charge in [-0.05, 0) is 38.4 Å². The summed E-state index contributed by atoms with van der Waals surface area (Å²) in [6.45, 7) is 3.64. The number of rotatable bonds is 5. The van der Waals surface area contributed by atoms with Crippen molar-refractivity contribution in [1.29, 1.82) is 0 Å². The van der Waals surface area contributed by atoms with Crippen molar-refractivity contribution in [3.8, 4) is 0 Å². The average molecular weight is 293 g/mol. The molecular weight excluding hydrogens is 270 g/mol. The number of aryl methyl sites for hydroxylation is 2. The van der Waals surface area contributed by atoms with Gasteiger partial charge in [-0.2, -0.15) is 5.10 Å². The summed E-state index contributed by atoms with van der Waals surface area (Å²) in [5, 5.41) is 7.55. The van der Waals surface area contributed by atoms with Crippen molar-refractivity contribution in [3.63, 3.8) is 0 Å². The third-order valence-electron chi connectivity index (χ3n) is 3.85. The van der Waals surface area contributed by atoms with E-state index in [0.717, 1.165) is 38.0 Å². The van der Waals surface area contributed by atoms with Crippen LogP contribution in [0.4, 0.5) is 0 Å². The molecule has 0 atom stereocenters. The molecule has 1 aromatic heterocycles. The Morgan fingerprint density at radius 2 is 2.14 bits per heavy atom. The summed E-state index contributed by atoms with van der Waals surface area (Å²) in [5.41, 5.74) is 6.69. The van der Waals surface area contributed by atoms with Crippen LogP contribution >= 0.6 is 0 Å². The predicted octanol–water partition coefficient (Wildman–Crippen LogP) is -0.338. The lowest BCUT2D eigenvalue weighted by molar-refractivity contribution is -0.119. The van der Waals surface area contributed by atoms with E-state index >= 15 is 0 Å². The van der Waals surface area contributed by atoms with Crippen molar-refractivity contribution in [2.24, 2.45) is 12.8 Å². The van der Waals surface area contributed by atoms with E-state index in [1.54, 1.807) is 22.7 Å². The highest BCUT2D eigenvalue weighted by Gasteiger charge is 2.29. The third-order valence-corrected chi connectivity index (χ3v) is 3.85. The zero-order valence-electron chi connectivity index (χ0n) is 12.6. The summed E-state index contributed by atoms with van der Waals surface area (Å²) in [4.78, 5) is 25.7. The molecule has 2 amide bonds. The van der Waals surface area contributed by atoms with Gasteiger partial charge < -0.3 is 16.0 Å². The van der Waals surface area contributed by atoms with Gasteiger partial charge in [0.1, 0.15) is 5.69 Å². The number of nitrogens with one attached hydrogen (secondary N) is 1. The Bertz CT molecular complexity index is 519. The maximum atomic E-state index is 12.8. The number of nitrogens with zero attached hydrogens (tertiary/aromatic N) is 3. The molecule has 0 saturated carbocycles. The highest BCUT2D eigenvalue weighted by Crippen LogP contribution is 2.16. The lowest BCUT2D eigenvalue weighted by Gasteiger charge is -2.33. The molecule has 1 aliphatic rings. The van der Waals surface area contributed by atoms with Crippen molar-refractivity contribution in [2.45, 2.75) is 32.2 Å². The summed E-state index contributed by atoms with van der Waals surface area (Å²) in [5.74, 6) is -0.657. The van der Waals surface area contributed by atoms with Gasteiger partial charge >= 0.3 is 0 Å². The smallest absolute Gasteiger partial charge is 0.272 e. The van der Waals surface area contributed by atoms with Crippen LogP contribution in [0, 0.1) is 0 Å². The van der Waals surface area contributed by atoms with Crippen molar-refractivity contribution in [3.05, 3.63) is 17.5 Å². The van der Waals surface area contributed by atoms with Gasteiger partial charge in [-0.15, -0.1) is 0 Å². The monoisotopic (exact) mass is 293 g/mol. The SMILES string of the molecule is CCc1cc(C(=O)N(CC(N)=O)C2CCNCC2)n(C)n1. The normalized spacial score (nSPS) is 15.9. The number of aromatic nitrogens is 2. The maximum absolute atomic E-state index is 12.8. The first-order chi connectivity index (χ1) is 10.0. The summed E-state index contributed by atoms with van der Waals surface area (Å²) in [6.07, 6.45) is 2.43. The molecule has 1 aromatic rings. The maximum Gasteiger partial charge on any atom is 0.272 e. The molecule has 0 aliphatic carbocycles. The molecule has 1 fully saturated rings. The Morgan fingerprint density at radius 1 is 1.48 bits per heavy atom. The van der Waals surface area contributed by atoms with Crippen LogP contribution < -0.4 is 11.1 Å². The highest BCUT2D eigenvalue weighted by atomic mass is 16.2. The van der Waals surface area contributed by atoms with E-state index in [4.69, 9.17) is 5.73 Å². The van der Waals surface area contributed by atoms with Crippen LogP contribution in [0.15, 0.2) is 6.07 Å². The van der Waals surface area contributed by atoms with Crippen LogP contribution in [0.5, 0.6) is 0 Å². The fourth-order valence-corrected chi connectivity index (χ4v) is 2.70. The van der Waals surface area contributed by atoms with E-state index in [1.807, 2.05) is 6.92 Å². The van der Waals surface area contributed by atoms with Gasteiger partial charge in [-0.3, -0.25) is 14.3 Å². The molecule has 7 nitrogen and oxygen atoms in total. The standard InChI is InChI=1S/C14H23N5O2/c1-3-10-8-12(18(2)17-10)14(21)19(9-13(15)20)11-4-6-16-7-5-11/h8,11,16H,3-7,9H2,1-2H3,(H2,15,20). The number of nitrogens with two attached hydrogens (primary N) is 1. The third kappa shape index (κ3) is 3.60. The topological polar surface area (TPSA) is 93.2 Å². The van der Waals surface area contributed by atoms with Crippen LogP contribution in [-0.4, -0.2) is 52.2 Å². The van der Waals surface area contributed by atoms with Gasteiger partial charge in [0.2, 0.25) is 5.91 Å². The number of primary amides is 1. The van der Waals surface area contributed by atoms with Crippen LogP contribution in [0.1, 0.15) is 35.9 Å². The van der Waals surface area contributed by atoms with Gasteiger partial charge in [0.25, 0.3) is 5.91 Å². The lowest BCUT2D eigenvalue weighted by Crippen LogP contribution is -2.49. The molecule has 7 heteroatoms. The van der Waals surface area contributed by atoms with Crippen molar-refractivity contribution < 1.29 is 9.59 Å². The van der Waals surface area contributed by atoms with Crippen molar-refractivity contribution >= 4 is 11.8 Å². The molecule has 0 spiro atoms. The molecule has 0 radical (unpaired) electrons. The molecule has 0 unspecified atom stereocenters. The van der Waals surface area contributed by atoms with Crippen LogP contribution in [-0.2, 0) is 18.3 Å². The zero-order valence-corrected chi connectivity index (χ0v) is 12.6. The summed E-state index contributed by atoms with van der Waals surface area (Å²) < 4.78 is 1.58. The number of piperidine rings is 1. The Kier molecular flexibility index (Phi) is 4.95. The Balaban J connectivity index is 2.23. The molecule has 0 aromatic carbocycles. The molecule has 116 valence electrons. The Labute approximate surface area is 124 Å². The minimum Gasteiger partial charge on any atom is -0.368 e. The van der Waals surface area contributed by atoms with E-state index in [9.17, 15) is 9.59 Å². The molecule has 2 heterocycles. The number of hydrogen-bond acceptors (Lipinski definition) is 4. The average Bonchev–Trinajstić information content (AvgIpc) is 2.86. The molecule has 1 saturated heterocycles. The second kappa shape index (κ2) is 6.71. The van der Waals surface area contributed by atoms with Gasteiger partial charge in [0.05, 0.1) is 12.2 Å². The second-order valence-electron chi connectivity index (χ2n) is 5.38. The van der Waals surface area contributed by atoms with E-state index in [2.05, 4.69) is 10.4 Å². The van der Waals surface area contributed by atoms with Gasteiger partial charge in [0, 0.05) is 13.1 Å². The Hall–Kier alpha value is -1.89. The van der Waals surface area contributed by atoms with Gasteiger partial charge in [-0.25, -0.2) is 0 Å². The van der Waals surface area contributed by atoms with Gasteiger partial charge in [0.15, 0.2) is 0 Å². The van der Waals surface area contributed by atoms with Crippen LogP contribution in [0.25, 0.3) is 0 Å². The molecule has 0 bridgehead atoms. The number of carbonyl (C=O) groups is 2. The number of carbonyl (C=O) groups excluding carboxylic acids is 2. The second-order valence-corrected chi connectivity index (χ2v) is 5.38. The van der Waals surface area contributed by atoms with Crippen LogP contribution in [0.2, 0.25) is 0 Å². The molecule has 3 N–H and O–H groups in total. The largest absolute Gasteiger partial charge is 0.368 e. The summed E-state index contributed by atoms with van der Waals surface area (Å²) >= 11 is 0. The van der Waals surface area contributed by atoms with E-state index in [0.29, 0.717) is 5.69 Å². The number of hydrogen-bond donors (Lipinski definition) is 2. The minimum atomic E-state index is -0.486. The first-order valence-electron chi connectivity index (χ1n) is 7.35. The number of amides is 2. The van der Waals surface area contributed by atoms with E-state index in [-0.39, 0.29) is 18.5 Å². The molecular formula is C14H23N5O2.